The molecule has 0 aromatic rings. The van der Waals surface area contributed by atoms with Gasteiger partial charge in [-0.2, -0.15) is 0 Å². The van der Waals surface area contributed by atoms with Crippen molar-refractivity contribution in [1.82, 2.24) is 0 Å². The van der Waals surface area contributed by atoms with E-state index in [0.717, 1.165) is 6.42 Å². The van der Waals surface area contributed by atoms with Crippen molar-refractivity contribution >= 4 is 5.97 Å². The molecule has 3 nitrogen and oxygen atoms in total. The van der Waals surface area contributed by atoms with Crippen LogP contribution < -0.4 is 0 Å². The van der Waals surface area contributed by atoms with Gasteiger partial charge < -0.3 is 9.47 Å². The van der Waals surface area contributed by atoms with Gasteiger partial charge in [-0.25, -0.2) is 4.79 Å². The molecule has 0 saturated heterocycles. The smallest absolute Gasteiger partial charge is 0.336 e. The van der Waals surface area contributed by atoms with Gasteiger partial charge >= 0.3 is 5.97 Å². The maximum absolute atomic E-state index is 11.0. The van der Waals surface area contributed by atoms with Crippen molar-refractivity contribution in [3.05, 3.63) is 11.8 Å². The minimum Gasteiger partial charge on any atom is -0.501 e. The number of rotatable bonds is 5. The van der Waals surface area contributed by atoms with Crippen LogP contribution in [0.3, 0.4) is 0 Å². The fraction of sp³-hybridized carbons (Fsp3) is 0.667. The van der Waals surface area contributed by atoms with Crippen LogP contribution in [0, 0.1) is 0 Å². The van der Waals surface area contributed by atoms with E-state index in [0.29, 0.717) is 18.8 Å². The van der Waals surface area contributed by atoms with Crippen LogP contribution in [0.5, 0.6) is 0 Å². The third-order valence-corrected chi connectivity index (χ3v) is 1.18. The summed E-state index contributed by atoms with van der Waals surface area (Å²) < 4.78 is 9.80. The Labute approximate surface area is 73.4 Å². The first-order valence-electron chi connectivity index (χ1n) is 4.17. The summed E-state index contributed by atoms with van der Waals surface area (Å²) in [6.07, 6.45) is 2.38. The number of hydrogen-bond acceptors (Lipinski definition) is 3. The molecule has 0 saturated carbocycles. The van der Waals surface area contributed by atoms with Gasteiger partial charge in [-0.1, -0.05) is 6.92 Å². The number of ether oxygens (including phenoxy) is 2. The Morgan fingerprint density at radius 2 is 2.08 bits per heavy atom. The van der Waals surface area contributed by atoms with E-state index in [1.807, 2.05) is 6.92 Å². The second kappa shape index (κ2) is 6.70. The zero-order chi connectivity index (χ0) is 9.40. The molecule has 0 aromatic heterocycles. The third kappa shape index (κ3) is 4.77. The van der Waals surface area contributed by atoms with Gasteiger partial charge in [0.15, 0.2) is 0 Å². The van der Waals surface area contributed by atoms with Gasteiger partial charge in [0.05, 0.1) is 25.0 Å². The lowest BCUT2D eigenvalue weighted by Crippen LogP contribution is -2.05. The van der Waals surface area contributed by atoms with Crippen molar-refractivity contribution in [3.8, 4) is 0 Å². The lowest BCUT2D eigenvalue weighted by Gasteiger charge is -2.01. The molecular weight excluding hydrogens is 156 g/mol. The molecule has 0 fully saturated rings. The highest BCUT2D eigenvalue weighted by atomic mass is 16.5. The molecule has 12 heavy (non-hydrogen) atoms. The van der Waals surface area contributed by atoms with Gasteiger partial charge in [-0.05, 0) is 20.3 Å². The number of carbonyl (C=O) groups excluding carboxylic acids is 1. The van der Waals surface area contributed by atoms with E-state index < -0.39 is 0 Å². The van der Waals surface area contributed by atoms with E-state index in [2.05, 4.69) is 0 Å². The summed E-state index contributed by atoms with van der Waals surface area (Å²) in [6, 6.07) is 0. The molecule has 0 atom stereocenters. The van der Waals surface area contributed by atoms with Crippen LogP contribution in [-0.2, 0) is 14.3 Å². The van der Waals surface area contributed by atoms with Crippen molar-refractivity contribution < 1.29 is 14.3 Å². The van der Waals surface area contributed by atoms with Crippen LogP contribution in [0.25, 0.3) is 0 Å². The number of esters is 1. The zero-order valence-corrected chi connectivity index (χ0v) is 7.92. The minimum absolute atomic E-state index is 0.311. The summed E-state index contributed by atoms with van der Waals surface area (Å²) in [5, 5.41) is 0. The van der Waals surface area contributed by atoms with Crippen LogP contribution in [-0.4, -0.2) is 19.2 Å². The lowest BCUT2D eigenvalue weighted by molar-refractivity contribution is -0.138. The summed E-state index contributed by atoms with van der Waals surface area (Å²) in [7, 11) is 0. The highest BCUT2D eigenvalue weighted by Crippen LogP contribution is 1.97. The minimum atomic E-state index is -0.311. The predicted molar refractivity (Wildman–Crippen MR) is 46.6 cm³/mol. The average molecular weight is 172 g/mol. The van der Waals surface area contributed by atoms with E-state index in [1.54, 1.807) is 13.8 Å². The first-order valence-corrected chi connectivity index (χ1v) is 4.17. The fourth-order valence-electron chi connectivity index (χ4n) is 0.595. The molecule has 0 radical (unpaired) electrons. The Kier molecular flexibility index (Phi) is 6.15. The Morgan fingerprint density at radius 1 is 1.42 bits per heavy atom. The zero-order valence-electron chi connectivity index (χ0n) is 7.92. The van der Waals surface area contributed by atoms with E-state index in [9.17, 15) is 4.79 Å². The standard InChI is InChI=1S/C9H16O3/c1-4-6-11-7-8(3)9(10)12-5-2/h7H,4-6H2,1-3H3/b8-7+. The topological polar surface area (TPSA) is 35.5 Å². The summed E-state index contributed by atoms with van der Waals surface area (Å²) in [5.74, 6) is -0.311. The molecule has 0 heterocycles. The van der Waals surface area contributed by atoms with Crippen LogP contribution in [0.4, 0.5) is 0 Å². The lowest BCUT2D eigenvalue weighted by atomic mass is 10.3. The SMILES string of the molecule is CCCO/C=C(\C)C(=O)OCC. The van der Waals surface area contributed by atoms with Crippen molar-refractivity contribution in [2.24, 2.45) is 0 Å². The Morgan fingerprint density at radius 3 is 2.58 bits per heavy atom. The van der Waals surface area contributed by atoms with Gasteiger partial charge in [0, 0.05) is 0 Å². The summed E-state index contributed by atoms with van der Waals surface area (Å²) in [4.78, 5) is 11.0. The second-order valence-electron chi connectivity index (χ2n) is 2.39. The molecule has 0 aromatic carbocycles. The first-order chi connectivity index (χ1) is 5.72. The largest absolute Gasteiger partial charge is 0.501 e. The van der Waals surface area contributed by atoms with Gasteiger partial charge in [-0.15, -0.1) is 0 Å². The maximum atomic E-state index is 11.0. The second-order valence-corrected chi connectivity index (χ2v) is 2.39. The Bertz CT molecular complexity index is 161. The average Bonchev–Trinajstić information content (AvgIpc) is 2.05. The highest BCUT2D eigenvalue weighted by Gasteiger charge is 2.03. The maximum Gasteiger partial charge on any atom is 0.336 e. The monoisotopic (exact) mass is 172 g/mol. The molecule has 0 N–H and O–H groups in total. The Balaban J connectivity index is 3.74. The summed E-state index contributed by atoms with van der Waals surface area (Å²) in [5.41, 5.74) is 0.505. The van der Waals surface area contributed by atoms with Crippen molar-refractivity contribution in [2.75, 3.05) is 13.2 Å². The molecule has 0 aliphatic rings. The molecule has 0 unspecified atom stereocenters. The van der Waals surface area contributed by atoms with E-state index in [4.69, 9.17) is 9.47 Å². The highest BCUT2D eigenvalue weighted by molar-refractivity contribution is 5.87. The molecule has 0 aliphatic heterocycles. The molecule has 0 rings (SSSR count). The molecule has 0 bridgehead atoms. The van der Waals surface area contributed by atoms with E-state index in [1.165, 1.54) is 6.26 Å². The van der Waals surface area contributed by atoms with Crippen LogP contribution in [0.2, 0.25) is 0 Å². The van der Waals surface area contributed by atoms with Gasteiger partial charge in [0.1, 0.15) is 0 Å². The molecule has 0 amide bonds. The van der Waals surface area contributed by atoms with Gasteiger partial charge in [-0.3, -0.25) is 0 Å². The van der Waals surface area contributed by atoms with Crippen LogP contribution >= 0.6 is 0 Å². The number of carbonyl (C=O) groups is 1. The molecule has 70 valence electrons. The fourth-order valence-corrected chi connectivity index (χ4v) is 0.595. The Hall–Kier alpha value is -0.990. The summed E-state index contributed by atoms with van der Waals surface area (Å²) >= 11 is 0. The summed E-state index contributed by atoms with van der Waals surface area (Å²) in [6.45, 7) is 6.49. The predicted octanol–water partition coefficient (Wildman–Crippen LogP) is 1.88. The number of hydrogen-bond donors (Lipinski definition) is 0. The van der Waals surface area contributed by atoms with Gasteiger partial charge in [0.25, 0.3) is 0 Å². The van der Waals surface area contributed by atoms with Crippen molar-refractivity contribution in [3.63, 3.8) is 0 Å². The molecule has 3 heteroatoms. The van der Waals surface area contributed by atoms with Crippen molar-refractivity contribution in [1.29, 1.82) is 0 Å². The quantitative estimate of drug-likeness (QED) is 0.275. The van der Waals surface area contributed by atoms with E-state index in [-0.39, 0.29) is 5.97 Å². The van der Waals surface area contributed by atoms with Crippen LogP contribution in [0.1, 0.15) is 27.2 Å². The molecule has 0 spiro atoms. The third-order valence-electron chi connectivity index (χ3n) is 1.18. The first kappa shape index (κ1) is 11.0. The van der Waals surface area contributed by atoms with Crippen molar-refractivity contribution in [2.45, 2.75) is 27.2 Å². The van der Waals surface area contributed by atoms with E-state index >= 15 is 0 Å². The normalized spacial score (nSPS) is 11.1. The van der Waals surface area contributed by atoms with Gasteiger partial charge in [0.2, 0.25) is 0 Å². The molecule has 0 aliphatic carbocycles. The molecular formula is C9H16O3. The van der Waals surface area contributed by atoms with Crippen LogP contribution in [0.15, 0.2) is 11.8 Å².